The first kappa shape index (κ1) is 7.63. The molecule has 10 heavy (non-hydrogen) atoms. The van der Waals surface area contributed by atoms with Gasteiger partial charge in [0.15, 0.2) is 0 Å². The van der Waals surface area contributed by atoms with Crippen LogP contribution in [0.5, 0.6) is 0 Å². The molecule has 0 saturated heterocycles. The zero-order valence-electron chi connectivity index (χ0n) is 5.17. The third-order valence-corrected chi connectivity index (χ3v) is 2.10. The van der Waals surface area contributed by atoms with Gasteiger partial charge in [0.1, 0.15) is 0 Å². The van der Waals surface area contributed by atoms with Gasteiger partial charge in [0.05, 0.1) is 6.26 Å². The van der Waals surface area contributed by atoms with E-state index in [1.807, 2.05) is 0 Å². The van der Waals surface area contributed by atoms with E-state index in [1.54, 1.807) is 6.92 Å². The fraction of sp³-hybridized carbons (Fsp3) is 0.200. The van der Waals surface area contributed by atoms with E-state index in [9.17, 15) is 8.42 Å². The van der Waals surface area contributed by atoms with Crippen molar-refractivity contribution in [1.82, 2.24) is 0 Å². The molecule has 1 aromatic rings. The molecule has 0 spiro atoms. The zero-order valence-corrected chi connectivity index (χ0v) is 6.74. The molecule has 0 amide bonds. The molecule has 0 fully saturated rings. The molecule has 0 aliphatic rings. The highest BCUT2D eigenvalue weighted by molar-refractivity contribution is 8.13. The van der Waals surface area contributed by atoms with E-state index in [2.05, 4.69) is 4.42 Å². The number of rotatable bonds is 1. The Hall–Kier alpha value is -0.480. The van der Waals surface area contributed by atoms with Crippen molar-refractivity contribution in [3.63, 3.8) is 0 Å². The fourth-order valence-corrected chi connectivity index (χ4v) is 1.27. The summed E-state index contributed by atoms with van der Waals surface area (Å²) in [6, 6.07) is 1.36. The number of halogens is 1. The average molecular weight is 181 g/mol. The molecular formula is C5H5ClO3S. The minimum atomic E-state index is -3.68. The van der Waals surface area contributed by atoms with Crippen molar-refractivity contribution in [2.24, 2.45) is 0 Å². The molecule has 5 heteroatoms. The molecular weight excluding hydrogens is 176 g/mol. The van der Waals surface area contributed by atoms with Gasteiger partial charge in [-0.1, -0.05) is 0 Å². The van der Waals surface area contributed by atoms with Gasteiger partial charge in [-0.2, -0.15) is 0 Å². The molecule has 0 saturated carbocycles. The SMILES string of the molecule is Cc1coc(S(=O)(=O)Cl)c1. The van der Waals surface area contributed by atoms with Gasteiger partial charge in [0, 0.05) is 10.7 Å². The van der Waals surface area contributed by atoms with Crippen LogP contribution in [0.25, 0.3) is 0 Å². The Labute approximate surface area is 63.0 Å². The maximum Gasteiger partial charge on any atom is 0.294 e. The number of aryl methyl sites for hydroxylation is 1. The first-order valence-electron chi connectivity index (χ1n) is 2.50. The van der Waals surface area contributed by atoms with Gasteiger partial charge >= 0.3 is 0 Å². The Kier molecular flexibility index (Phi) is 1.74. The first-order valence-corrected chi connectivity index (χ1v) is 4.81. The molecule has 0 aromatic carbocycles. The summed E-state index contributed by atoms with van der Waals surface area (Å²) in [5.41, 5.74) is 0.735. The second kappa shape index (κ2) is 2.29. The number of hydrogen-bond acceptors (Lipinski definition) is 3. The molecule has 0 aliphatic carbocycles. The Balaban J connectivity index is 3.21. The van der Waals surface area contributed by atoms with Crippen molar-refractivity contribution in [2.45, 2.75) is 12.0 Å². The smallest absolute Gasteiger partial charge is 0.294 e. The van der Waals surface area contributed by atoms with E-state index < -0.39 is 9.05 Å². The standard InChI is InChI=1S/C5H5ClO3S/c1-4-2-5(9-3-4)10(6,7)8/h2-3H,1H3. The third kappa shape index (κ3) is 1.52. The lowest BCUT2D eigenvalue weighted by atomic mass is 10.4. The minimum absolute atomic E-state index is 0.202. The quantitative estimate of drug-likeness (QED) is 0.616. The van der Waals surface area contributed by atoms with Crippen LogP contribution >= 0.6 is 10.7 Å². The van der Waals surface area contributed by atoms with Crippen LogP contribution in [0, 0.1) is 6.92 Å². The van der Waals surface area contributed by atoms with Gasteiger partial charge in [-0.3, -0.25) is 0 Å². The van der Waals surface area contributed by atoms with Crippen molar-refractivity contribution in [3.05, 3.63) is 17.9 Å². The van der Waals surface area contributed by atoms with Crippen LogP contribution in [0.15, 0.2) is 21.8 Å². The van der Waals surface area contributed by atoms with Crippen molar-refractivity contribution in [1.29, 1.82) is 0 Å². The lowest BCUT2D eigenvalue weighted by molar-refractivity contribution is 0.454. The predicted octanol–water partition coefficient (Wildman–Crippen LogP) is 1.52. The second-order valence-corrected chi connectivity index (χ2v) is 4.38. The van der Waals surface area contributed by atoms with E-state index in [1.165, 1.54) is 12.3 Å². The summed E-state index contributed by atoms with van der Waals surface area (Å²) < 4.78 is 25.6. The summed E-state index contributed by atoms with van der Waals surface area (Å²) in [4.78, 5) is 0. The summed E-state index contributed by atoms with van der Waals surface area (Å²) >= 11 is 0. The van der Waals surface area contributed by atoms with Crippen LogP contribution in [-0.4, -0.2) is 8.42 Å². The Morgan fingerprint density at radius 2 is 2.20 bits per heavy atom. The summed E-state index contributed by atoms with van der Waals surface area (Å²) in [7, 11) is 1.27. The van der Waals surface area contributed by atoms with E-state index in [0.717, 1.165) is 5.56 Å². The van der Waals surface area contributed by atoms with Crippen LogP contribution in [-0.2, 0) is 9.05 Å². The molecule has 1 rings (SSSR count). The number of hydrogen-bond donors (Lipinski definition) is 0. The monoisotopic (exact) mass is 180 g/mol. The fourth-order valence-electron chi connectivity index (χ4n) is 0.533. The highest BCUT2D eigenvalue weighted by atomic mass is 35.7. The topological polar surface area (TPSA) is 47.3 Å². The Morgan fingerprint density at radius 1 is 1.60 bits per heavy atom. The Morgan fingerprint density at radius 3 is 2.40 bits per heavy atom. The average Bonchev–Trinajstić information content (AvgIpc) is 2.11. The van der Waals surface area contributed by atoms with Crippen LogP contribution in [0.1, 0.15) is 5.56 Å². The van der Waals surface area contributed by atoms with Gasteiger partial charge in [-0.25, -0.2) is 8.42 Å². The summed E-state index contributed by atoms with van der Waals surface area (Å²) in [5.74, 6) is 0. The molecule has 1 aromatic heterocycles. The predicted molar refractivity (Wildman–Crippen MR) is 36.5 cm³/mol. The van der Waals surface area contributed by atoms with Crippen LogP contribution < -0.4 is 0 Å². The van der Waals surface area contributed by atoms with Crippen LogP contribution in [0.3, 0.4) is 0 Å². The maximum atomic E-state index is 10.5. The normalized spacial score (nSPS) is 11.8. The largest absolute Gasteiger partial charge is 0.451 e. The molecule has 56 valence electrons. The highest BCUT2D eigenvalue weighted by Gasteiger charge is 2.13. The van der Waals surface area contributed by atoms with Crippen molar-refractivity contribution in [3.8, 4) is 0 Å². The van der Waals surface area contributed by atoms with E-state index in [4.69, 9.17) is 10.7 Å². The molecule has 0 bridgehead atoms. The summed E-state index contributed by atoms with van der Waals surface area (Å²) in [6.45, 7) is 1.72. The molecule has 0 N–H and O–H groups in total. The molecule has 0 radical (unpaired) electrons. The third-order valence-electron chi connectivity index (χ3n) is 0.947. The zero-order chi connectivity index (χ0) is 7.78. The van der Waals surface area contributed by atoms with E-state index >= 15 is 0 Å². The number of furan rings is 1. The van der Waals surface area contributed by atoms with E-state index in [0.29, 0.717) is 0 Å². The minimum Gasteiger partial charge on any atom is -0.451 e. The summed E-state index contributed by atoms with van der Waals surface area (Å²) in [6.07, 6.45) is 1.33. The van der Waals surface area contributed by atoms with Gasteiger partial charge in [0.2, 0.25) is 5.09 Å². The maximum absolute atomic E-state index is 10.5. The first-order chi connectivity index (χ1) is 4.50. The molecule has 3 nitrogen and oxygen atoms in total. The van der Waals surface area contributed by atoms with Gasteiger partial charge in [0.25, 0.3) is 9.05 Å². The van der Waals surface area contributed by atoms with E-state index in [-0.39, 0.29) is 5.09 Å². The molecule has 0 unspecified atom stereocenters. The Bertz CT molecular complexity index is 324. The van der Waals surface area contributed by atoms with Crippen molar-refractivity contribution < 1.29 is 12.8 Å². The second-order valence-electron chi connectivity index (χ2n) is 1.88. The van der Waals surface area contributed by atoms with Gasteiger partial charge < -0.3 is 4.42 Å². The highest BCUT2D eigenvalue weighted by Crippen LogP contribution is 2.16. The molecule has 1 heterocycles. The van der Waals surface area contributed by atoms with Gasteiger partial charge in [-0.15, -0.1) is 0 Å². The van der Waals surface area contributed by atoms with Gasteiger partial charge in [-0.05, 0) is 18.6 Å². The lowest BCUT2D eigenvalue weighted by Gasteiger charge is -1.83. The van der Waals surface area contributed by atoms with Crippen LogP contribution in [0.4, 0.5) is 0 Å². The molecule has 0 atom stereocenters. The molecule has 0 aliphatic heterocycles. The van der Waals surface area contributed by atoms with Crippen molar-refractivity contribution in [2.75, 3.05) is 0 Å². The summed E-state index contributed by atoms with van der Waals surface area (Å²) in [5, 5.41) is -0.202. The lowest BCUT2D eigenvalue weighted by Crippen LogP contribution is -1.85. The van der Waals surface area contributed by atoms with Crippen LogP contribution in [0.2, 0.25) is 0 Å². The van der Waals surface area contributed by atoms with Crippen molar-refractivity contribution >= 4 is 19.7 Å².